The summed E-state index contributed by atoms with van der Waals surface area (Å²) in [4.78, 5) is 26.0. The minimum Gasteiger partial charge on any atom is -0.389 e. The molecule has 3 N–H and O–H groups in total. The Kier molecular flexibility index (Phi) is 6.08. The second-order valence-electron chi connectivity index (χ2n) is 7.24. The first kappa shape index (κ1) is 17.6. The van der Waals surface area contributed by atoms with Crippen molar-refractivity contribution < 1.29 is 19.4 Å². The molecule has 7 heteroatoms. The van der Waals surface area contributed by atoms with Crippen molar-refractivity contribution >= 4 is 11.8 Å². The maximum atomic E-state index is 12.3. The number of amides is 2. The van der Waals surface area contributed by atoms with Crippen molar-refractivity contribution in [3.8, 4) is 0 Å². The van der Waals surface area contributed by atoms with Gasteiger partial charge in [0.1, 0.15) is 0 Å². The molecule has 0 unspecified atom stereocenters. The fourth-order valence-electron chi connectivity index (χ4n) is 4.13. The first-order valence-corrected chi connectivity index (χ1v) is 9.19. The van der Waals surface area contributed by atoms with Crippen molar-refractivity contribution in [1.82, 2.24) is 15.5 Å². The number of piperazine rings is 1. The molecule has 3 atom stereocenters. The Hall–Kier alpha value is -1.18. The summed E-state index contributed by atoms with van der Waals surface area (Å²) in [5.41, 5.74) is 0. The second-order valence-corrected chi connectivity index (χ2v) is 7.24. The van der Waals surface area contributed by atoms with Gasteiger partial charge in [-0.3, -0.25) is 14.5 Å². The number of nitrogens with zero attached hydrogens (tertiary/aromatic N) is 1. The van der Waals surface area contributed by atoms with E-state index in [2.05, 4.69) is 15.5 Å². The van der Waals surface area contributed by atoms with Crippen molar-refractivity contribution in [2.75, 3.05) is 32.8 Å². The van der Waals surface area contributed by atoms with Gasteiger partial charge in [0.25, 0.3) is 0 Å². The molecule has 0 bridgehead atoms. The molecule has 3 rings (SSSR count). The lowest BCUT2D eigenvalue weighted by Gasteiger charge is -2.42. The van der Waals surface area contributed by atoms with Gasteiger partial charge in [0.05, 0.1) is 18.7 Å². The third-order valence-corrected chi connectivity index (χ3v) is 5.52. The van der Waals surface area contributed by atoms with Gasteiger partial charge in [-0.05, 0) is 38.0 Å². The van der Waals surface area contributed by atoms with Crippen LogP contribution in [0, 0.1) is 5.92 Å². The van der Waals surface area contributed by atoms with Crippen molar-refractivity contribution in [2.24, 2.45) is 5.92 Å². The largest absolute Gasteiger partial charge is 0.389 e. The van der Waals surface area contributed by atoms with E-state index in [1.807, 2.05) is 0 Å². The van der Waals surface area contributed by atoms with Crippen LogP contribution in [0.2, 0.25) is 0 Å². The fourth-order valence-corrected chi connectivity index (χ4v) is 4.13. The Morgan fingerprint density at radius 2 is 2.08 bits per heavy atom. The zero-order valence-electron chi connectivity index (χ0n) is 14.2. The zero-order chi connectivity index (χ0) is 16.9. The highest BCUT2D eigenvalue weighted by Crippen LogP contribution is 2.25. The highest BCUT2D eigenvalue weighted by atomic mass is 16.5. The SMILES string of the molecule is O=C1CN([C@@H]2CCC[C@@H](NC(=O)CC3CCOCC3)[C@H]2O)CCN1. The first-order valence-electron chi connectivity index (χ1n) is 9.19. The summed E-state index contributed by atoms with van der Waals surface area (Å²) in [5.74, 6) is 0.434. The molecule has 1 aliphatic carbocycles. The standard InChI is InChI=1S/C17H29N3O4/c21-15(10-12-4-8-24-9-5-12)19-13-2-1-3-14(17(13)23)20-7-6-18-16(22)11-20/h12-14,17,23H,1-11H2,(H,18,22)(H,19,21)/t13-,14-,17-/m1/s1. The van der Waals surface area contributed by atoms with Crippen molar-refractivity contribution in [2.45, 2.75) is 56.7 Å². The van der Waals surface area contributed by atoms with E-state index in [1.54, 1.807) is 0 Å². The van der Waals surface area contributed by atoms with E-state index in [9.17, 15) is 14.7 Å². The number of hydrogen-bond acceptors (Lipinski definition) is 5. The maximum Gasteiger partial charge on any atom is 0.234 e. The van der Waals surface area contributed by atoms with Gasteiger partial charge < -0.3 is 20.5 Å². The van der Waals surface area contributed by atoms with Gasteiger partial charge in [0.15, 0.2) is 0 Å². The summed E-state index contributed by atoms with van der Waals surface area (Å²) in [7, 11) is 0. The van der Waals surface area contributed by atoms with Crippen LogP contribution < -0.4 is 10.6 Å². The minimum absolute atomic E-state index is 0.0131. The molecule has 3 fully saturated rings. The molecule has 0 aromatic heterocycles. The topological polar surface area (TPSA) is 90.9 Å². The van der Waals surface area contributed by atoms with Crippen LogP contribution in [0.4, 0.5) is 0 Å². The minimum atomic E-state index is -0.608. The number of aliphatic hydroxyl groups is 1. The Morgan fingerprint density at radius 3 is 2.83 bits per heavy atom. The van der Waals surface area contributed by atoms with Gasteiger partial charge in [-0.2, -0.15) is 0 Å². The van der Waals surface area contributed by atoms with E-state index >= 15 is 0 Å². The summed E-state index contributed by atoms with van der Waals surface area (Å²) in [5, 5.41) is 16.6. The summed E-state index contributed by atoms with van der Waals surface area (Å²) in [6.07, 6.45) is 4.42. The Labute approximate surface area is 143 Å². The second kappa shape index (κ2) is 8.27. The monoisotopic (exact) mass is 339 g/mol. The fraction of sp³-hybridized carbons (Fsp3) is 0.882. The number of carbonyl (C=O) groups excluding carboxylic acids is 2. The third-order valence-electron chi connectivity index (χ3n) is 5.52. The van der Waals surface area contributed by atoms with Crippen LogP contribution in [-0.4, -0.2) is 72.9 Å². The number of nitrogens with one attached hydrogen (secondary N) is 2. The van der Waals surface area contributed by atoms with E-state index < -0.39 is 6.10 Å². The van der Waals surface area contributed by atoms with E-state index in [0.717, 1.165) is 51.9 Å². The van der Waals surface area contributed by atoms with Crippen LogP contribution in [0.15, 0.2) is 0 Å². The molecular formula is C17H29N3O4. The molecule has 2 aliphatic heterocycles. The molecule has 2 heterocycles. The van der Waals surface area contributed by atoms with E-state index in [-0.39, 0.29) is 23.9 Å². The molecule has 136 valence electrons. The Morgan fingerprint density at radius 1 is 1.29 bits per heavy atom. The Bertz CT molecular complexity index is 453. The van der Waals surface area contributed by atoms with E-state index in [1.165, 1.54) is 0 Å². The highest BCUT2D eigenvalue weighted by molar-refractivity contribution is 5.78. The molecule has 3 aliphatic rings. The molecule has 7 nitrogen and oxygen atoms in total. The molecule has 0 aromatic rings. The van der Waals surface area contributed by atoms with Gasteiger partial charge in [-0.1, -0.05) is 0 Å². The normalized spacial score (nSPS) is 33.0. The van der Waals surface area contributed by atoms with Gasteiger partial charge in [0, 0.05) is 38.8 Å². The lowest BCUT2D eigenvalue weighted by atomic mass is 9.86. The van der Waals surface area contributed by atoms with Crippen LogP contribution in [0.25, 0.3) is 0 Å². The molecule has 2 saturated heterocycles. The number of hydrogen-bond donors (Lipinski definition) is 3. The number of rotatable bonds is 4. The van der Waals surface area contributed by atoms with Gasteiger partial charge >= 0.3 is 0 Å². The molecule has 1 saturated carbocycles. The first-order chi connectivity index (χ1) is 11.6. The van der Waals surface area contributed by atoms with Crippen molar-refractivity contribution in [1.29, 1.82) is 0 Å². The number of carbonyl (C=O) groups is 2. The number of aliphatic hydroxyl groups excluding tert-OH is 1. The van der Waals surface area contributed by atoms with Gasteiger partial charge in [-0.25, -0.2) is 0 Å². The van der Waals surface area contributed by atoms with Crippen molar-refractivity contribution in [3.05, 3.63) is 0 Å². The van der Waals surface area contributed by atoms with Crippen LogP contribution in [-0.2, 0) is 14.3 Å². The summed E-state index contributed by atoms with van der Waals surface area (Å²) < 4.78 is 5.33. The van der Waals surface area contributed by atoms with E-state index in [4.69, 9.17) is 4.74 Å². The predicted molar refractivity (Wildman–Crippen MR) is 88.3 cm³/mol. The lowest BCUT2D eigenvalue weighted by Crippen LogP contribution is -2.60. The summed E-state index contributed by atoms with van der Waals surface area (Å²) >= 11 is 0. The highest BCUT2D eigenvalue weighted by Gasteiger charge is 2.37. The predicted octanol–water partition coefficient (Wildman–Crippen LogP) is -0.367. The third kappa shape index (κ3) is 4.46. The van der Waals surface area contributed by atoms with Crippen LogP contribution in [0.3, 0.4) is 0 Å². The quantitative estimate of drug-likeness (QED) is 0.650. The lowest BCUT2D eigenvalue weighted by molar-refractivity contribution is -0.129. The number of ether oxygens (including phenoxy) is 1. The van der Waals surface area contributed by atoms with Crippen LogP contribution in [0.1, 0.15) is 38.5 Å². The molecule has 0 aromatic carbocycles. The maximum absolute atomic E-state index is 12.3. The van der Waals surface area contributed by atoms with E-state index in [0.29, 0.717) is 25.4 Å². The summed E-state index contributed by atoms with van der Waals surface area (Å²) in [6, 6.07) is -0.251. The van der Waals surface area contributed by atoms with Gasteiger partial charge in [0.2, 0.25) is 11.8 Å². The van der Waals surface area contributed by atoms with Crippen molar-refractivity contribution in [3.63, 3.8) is 0 Å². The smallest absolute Gasteiger partial charge is 0.234 e. The van der Waals surface area contributed by atoms with Crippen LogP contribution in [0.5, 0.6) is 0 Å². The molecule has 2 amide bonds. The molecule has 0 spiro atoms. The Balaban J connectivity index is 1.51. The zero-order valence-corrected chi connectivity index (χ0v) is 14.2. The average molecular weight is 339 g/mol. The van der Waals surface area contributed by atoms with Gasteiger partial charge in [-0.15, -0.1) is 0 Å². The molecular weight excluding hydrogens is 310 g/mol. The molecule has 0 radical (unpaired) electrons. The van der Waals surface area contributed by atoms with Crippen LogP contribution >= 0.6 is 0 Å². The molecule has 24 heavy (non-hydrogen) atoms. The average Bonchev–Trinajstić information content (AvgIpc) is 2.57. The summed E-state index contributed by atoms with van der Waals surface area (Å²) in [6.45, 7) is 3.20.